The Morgan fingerprint density at radius 3 is 2.49 bits per heavy atom. The molecule has 1 aliphatic heterocycles. The molecule has 0 radical (unpaired) electrons. The Kier molecular flexibility index (Phi) is 6.76. The van der Waals surface area contributed by atoms with E-state index in [1.165, 1.54) is 46.8 Å². The number of sulfonamides is 1. The fourth-order valence-electron chi connectivity index (χ4n) is 3.93. The van der Waals surface area contributed by atoms with Crippen molar-refractivity contribution in [2.24, 2.45) is 0 Å². The predicted molar refractivity (Wildman–Crippen MR) is 128 cm³/mol. The first-order valence-corrected chi connectivity index (χ1v) is 12.4. The highest BCUT2D eigenvalue weighted by Crippen LogP contribution is 2.24. The number of hydrogen-bond acceptors (Lipinski definition) is 7. The molecule has 0 aliphatic carbocycles. The van der Waals surface area contributed by atoms with E-state index in [2.05, 4.69) is 10.4 Å². The standard InChI is InChI=1S/C23H23N5O6S/c1-16-14-21(29)22(25-27(16)19-10-3-4-11-20(19)28(31)32)23(30)24-17-8-7-9-18(15-17)35(33,34)26-12-5-2-6-13-26/h3-4,7-11,14-15H,2,5-6,12-13H2,1H3,(H,24,30). The molecule has 35 heavy (non-hydrogen) atoms. The highest BCUT2D eigenvalue weighted by Gasteiger charge is 2.26. The number of para-hydroxylation sites is 2. The number of amides is 1. The van der Waals surface area contributed by atoms with Gasteiger partial charge in [0.15, 0.2) is 5.69 Å². The number of hydrogen-bond donors (Lipinski definition) is 1. The Morgan fingerprint density at radius 1 is 1.06 bits per heavy atom. The number of anilines is 1. The van der Waals surface area contributed by atoms with Gasteiger partial charge in [-0.15, -0.1) is 0 Å². The van der Waals surface area contributed by atoms with Gasteiger partial charge in [-0.3, -0.25) is 19.7 Å². The lowest BCUT2D eigenvalue weighted by Gasteiger charge is -2.26. The van der Waals surface area contributed by atoms with Gasteiger partial charge in [-0.1, -0.05) is 24.6 Å². The summed E-state index contributed by atoms with van der Waals surface area (Å²) in [6.45, 7) is 2.43. The van der Waals surface area contributed by atoms with Crippen LogP contribution in [0, 0.1) is 17.0 Å². The Hall–Kier alpha value is -3.90. The third-order valence-corrected chi connectivity index (χ3v) is 7.57. The number of nitrogens with zero attached hydrogens (tertiary/aromatic N) is 4. The van der Waals surface area contributed by atoms with Crippen molar-refractivity contribution in [2.75, 3.05) is 18.4 Å². The summed E-state index contributed by atoms with van der Waals surface area (Å²) in [5.74, 6) is -0.866. The van der Waals surface area contributed by atoms with E-state index < -0.39 is 32.0 Å². The molecule has 0 saturated carbocycles. The summed E-state index contributed by atoms with van der Waals surface area (Å²) in [7, 11) is -3.72. The molecule has 1 aliphatic rings. The highest BCUT2D eigenvalue weighted by molar-refractivity contribution is 7.89. The molecular formula is C23H23N5O6S. The van der Waals surface area contributed by atoms with Crippen LogP contribution >= 0.6 is 0 Å². The summed E-state index contributed by atoms with van der Waals surface area (Å²) in [6, 6.07) is 12.8. The van der Waals surface area contributed by atoms with Gasteiger partial charge in [0.25, 0.3) is 11.6 Å². The first-order valence-electron chi connectivity index (χ1n) is 10.9. The van der Waals surface area contributed by atoms with Crippen LogP contribution < -0.4 is 10.7 Å². The zero-order valence-corrected chi connectivity index (χ0v) is 19.7. The highest BCUT2D eigenvalue weighted by atomic mass is 32.2. The third-order valence-electron chi connectivity index (χ3n) is 5.67. The van der Waals surface area contributed by atoms with E-state index in [1.807, 2.05) is 0 Å². The maximum absolute atomic E-state index is 13.0. The molecule has 0 atom stereocenters. The Morgan fingerprint density at radius 2 is 1.77 bits per heavy atom. The number of nitrogens with one attached hydrogen (secondary N) is 1. The van der Waals surface area contributed by atoms with E-state index in [1.54, 1.807) is 13.0 Å². The zero-order chi connectivity index (χ0) is 25.2. The number of aryl methyl sites for hydroxylation is 1. The molecule has 4 rings (SSSR count). The van der Waals surface area contributed by atoms with Crippen molar-refractivity contribution >= 4 is 27.3 Å². The van der Waals surface area contributed by atoms with Crippen molar-refractivity contribution in [3.63, 3.8) is 0 Å². The molecule has 0 spiro atoms. The largest absolute Gasteiger partial charge is 0.320 e. The number of nitro benzene ring substituents is 1. The topological polar surface area (TPSA) is 145 Å². The van der Waals surface area contributed by atoms with Gasteiger partial charge in [0.05, 0.1) is 9.82 Å². The minimum absolute atomic E-state index is 0.0337. The molecule has 1 N–H and O–H groups in total. The van der Waals surface area contributed by atoms with E-state index >= 15 is 0 Å². The molecule has 1 amide bonds. The monoisotopic (exact) mass is 497 g/mol. The smallest absolute Gasteiger partial charge is 0.294 e. The van der Waals surface area contributed by atoms with Crippen LogP contribution in [0.3, 0.4) is 0 Å². The van der Waals surface area contributed by atoms with E-state index in [9.17, 15) is 28.1 Å². The number of rotatable bonds is 6. The lowest BCUT2D eigenvalue weighted by molar-refractivity contribution is -0.384. The molecular weight excluding hydrogens is 474 g/mol. The van der Waals surface area contributed by atoms with Crippen molar-refractivity contribution < 1.29 is 18.1 Å². The van der Waals surface area contributed by atoms with Crippen LogP contribution in [0.4, 0.5) is 11.4 Å². The Balaban J connectivity index is 1.65. The van der Waals surface area contributed by atoms with Crippen LogP contribution in [-0.4, -0.2) is 46.4 Å². The number of aromatic nitrogens is 2. The van der Waals surface area contributed by atoms with Crippen LogP contribution in [0.15, 0.2) is 64.3 Å². The number of nitro groups is 1. The molecule has 11 nitrogen and oxygen atoms in total. The van der Waals surface area contributed by atoms with Crippen LogP contribution in [0.5, 0.6) is 0 Å². The summed E-state index contributed by atoms with van der Waals surface area (Å²) in [4.78, 5) is 36.3. The minimum atomic E-state index is -3.72. The Bertz CT molecular complexity index is 1460. The first-order chi connectivity index (χ1) is 16.7. The normalized spacial score (nSPS) is 14.4. The van der Waals surface area contributed by atoms with Gasteiger partial charge >= 0.3 is 0 Å². The van der Waals surface area contributed by atoms with E-state index in [0.717, 1.165) is 30.0 Å². The zero-order valence-electron chi connectivity index (χ0n) is 18.9. The van der Waals surface area contributed by atoms with Crippen LogP contribution in [0.2, 0.25) is 0 Å². The van der Waals surface area contributed by atoms with Gasteiger partial charge in [0.2, 0.25) is 15.5 Å². The summed E-state index contributed by atoms with van der Waals surface area (Å²) in [6.07, 6.45) is 2.57. The average Bonchev–Trinajstić information content (AvgIpc) is 2.84. The quantitative estimate of drug-likeness (QED) is 0.407. The molecule has 3 aromatic rings. The van der Waals surface area contributed by atoms with Crippen LogP contribution in [0.25, 0.3) is 5.69 Å². The number of benzene rings is 2. The number of carbonyl (C=O) groups excluding carboxylic acids is 1. The Labute approximate surface area is 201 Å². The summed E-state index contributed by atoms with van der Waals surface area (Å²) in [5, 5.41) is 18.0. The van der Waals surface area contributed by atoms with Crippen molar-refractivity contribution in [1.82, 2.24) is 14.1 Å². The lowest BCUT2D eigenvalue weighted by Crippen LogP contribution is -2.35. The SMILES string of the molecule is Cc1cc(=O)c(C(=O)Nc2cccc(S(=O)(=O)N3CCCCC3)c2)nn1-c1ccccc1[N+](=O)[O-]. The molecule has 1 aromatic heterocycles. The summed E-state index contributed by atoms with van der Waals surface area (Å²) >= 11 is 0. The van der Waals surface area contributed by atoms with Crippen molar-refractivity contribution in [3.05, 3.63) is 86.3 Å². The van der Waals surface area contributed by atoms with Gasteiger partial charge in [0, 0.05) is 36.6 Å². The number of carbonyl (C=O) groups is 1. The van der Waals surface area contributed by atoms with Gasteiger partial charge < -0.3 is 5.32 Å². The maximum atomic E-state index is 13.0. The van der Waals surface area contributed by atoms with E-state index in [4.69, 9.17) is 0 Å². The van der Waals surface area contributed by atoms with Crippen LogP contribution in [-0.2, 0) is 10.0 Å². The fraction of sp³-hybridized carbons (Fsp3) is 0.261. The van der Waals surface area contributed by atoms with E-state index in [-0.39, 0.29) is 22.0 Å². The maximum Gasteiger partial charge on any atom is 0.294 e. The predicted octanol–water partition coefficient (Wildman–Crippen LogP) is 2.88. The molecule has 2 aromatic carbocycles. The van der Waals surface area contributed by atoms with Crippen molar-refractivity contribution in [3.8, 4) is 5.69 Å². The van der Waals surface area contributed by atoms with Crippen LogP contribution in [0.1, 0.15) is 35.4 Å². The average molecular weight is 498 g/mol. The third kappa shape index (κ3) is 4.98. The molecule has 1 fully saturated rings. The molecule has 182 valence electrons. The number of piperidine rings is 1. The van der Waals surface area contributed by atoms with Crippen molar-refractivity contribution in [1.29, 1.82) is 0 Å². The van der Waals surface area contributed by atoms with Gasteiger partial charge in [-0.05, 0) is 44.0 Å². The minimum Gasteiger partial charge on any atom is -0.320 e. The first kappa shape index (κ1) is 24.2. The lowest BCUT2D eigenvalue weighted by atomic mass is 10.2. The van der Waals surface area contributed by atoms with Crippen molar-refractivity contribution in [2.45, 2.75) is 31.1 Å². The van der Waals surface area contributed by atoms with Gasteiger partial charge in [0.1, 0.15) is 5.69 Å². The second kappa shape index (κ2) is 9.76. The van der Waals surface area contributed by atoms with Gasteiger partial charge in [-0.25, -0.2) is 13.1 Å². The second-order valence-electron chi connectivity index (χ2n) is 8.10. The molecule has 1 saturated heterocycles. The molecule has 0 unspecified atom stereocenters. The molecule has 0 bridgehead atoms. The second-order valence-corrected chi connectivity index (χ2v) is 10.0. The molecule has 12 heteroatoms. The molecule has 2 heterocycles. The summed E-state index contributed by atoms with van der Waals surface area (Å²) in [5.41, 5.74) is -0.833. The van der Waals surface area contributed by atoms with Gasteiger partial charge in [-0.2, -0.15) is 9.40 Å². The summed E-state index contributed by atoms with van der Waals surface area (Å²) < 4.78 is 28.5. The van der Waals surface area contributed by atoms with E-state index in [0.29, 0.717) is 18.8 Å². The fourth-order valence-corrected chi connectivity index (χ4v) is 5.49.